The molecule has 176 valence electrons. The zero-order valence-corrected chi connectivity index (χ0v) is 18.2. The summed E-state index contributed by atoms with van der Waals surface area (Å²) in [5, 5.41) is 12.0. The average Bonchev–Trinajstić information content (AvgIpc) is 3.47. The number of anilines is 2. The Hall–Kier alpha value is -4.19. The van der Waals surface area contributed by atoms with Crippen LogP contribution in [0.1, 0.15) is 0 Å². The summed E-state index contributed by atoms with van der Waals surface area (Å²) >= 11 is 1.52. The van der Waals surface area contributed by atoms with Gasteiger partial charge in [-0.05, 0) is 30.3 Å². The summed E-state index contributed by atoms with van der Waals surface area (Å²) < 4.78 is 31.7. The third kappa shape index (κ3) is 6.19. The summed E-state index contributed by atoms with van der Waals surface area (Å²) in [6.07, 6.45) is -3.39. The number of halogens is 3. The molecule has 0 atom stereocenters. The second-order valence-electron chi connectivity index (χ2n) is 6.66. The lowest BCUT2D eigenvalue weighted by atomic mass is 10.2. The molecule has 2 heterocycles. The maximum Gasteiger partial charge on any atom is 0.490 e. The van der Waals surface area contributed by atoms with E-state index in [-0.39, 0.29) is 6.03 Å². The van der Waals surface area contributed by atoms with Gasteiger partial charge in [0.15, 0.2) is 5.82 Å². The Morgan fingerprint density at radius 1 is 1.21 bits per heavy atom. The first kappa shape index (κ1) is 24.5. The molecule has 0 radical (unpaired) electrons. The number of hydrogen-bond acceptors (Lipinski definition) is 5. The quantitative estimate of drug-likeness (QED) is 0.319. The number of alkyl halides is 3. The van der Waals surface area contributed by atoms with Crippen LogP contribution in [-0.4, -0.2) is 44.8 Å². The zero-order valence-electron chi connectivity index (χ0n) is 17.4. The molecular formula is C22H18F3N5O3S. The molecule has 8 nitrogen and oxygen atoms in total. The van der Waals surface area contributed by atoms with E-state index in [1.807, 2.05) is 53.9 Å². The number of amides is 2. The van der Waals surface area contributed by atoms with E-state index < -0.39 is 12.1 Å². The molecule has 2 aromatic heterocycles. The van der Waals surface area contributed by atoms with Gasteiger partial charge in [0, 0.05) is 23.3 Å². The lowest BCUT2D eigenvalue weighted by Gasteiger charge is -2.21. The minimum atomic E-state index is -5.08. The number of carboxylic acids is 1. The number of fused-ring (bicyclic) bond motifs is 1. The molecule has 34 heavy (non-hydrogen) atoms. The SMILES string of the molecule is C=CCN(C(=O)Nc1ccc2[nH]c(-c3cscn3)nc2c1)c1ccccc1.O=C(O)C(F)(F)F. The zero-order chi connectivity index (χ0) is 24.7. The highest BCUT2D eigenvalue weighted by atomic mass is 32.1. The number of carbonyl (C=O) groups excluding carboxylic acids is 1. The summed E-state index contributed by atoms with van der Waals surface area (Å²) in [6.45, 7) is 4.15. The Kier molecular flexibility index (Phi) is 7.64. The maximum absolute atomic E-state index is 12.8. The fourth-order valence-corrected chi connectivity index (χ4v) is 3.30. The number of aromatic amines is 1. The van der Waals surface area contributed by atoms with Crippen LogP contribution < -0.4 is 10.2 Å². The smallest absolute Gasteiger partial charge is 0.475 e. The molecule has 4 rings (SSSR count). The van der Waals surface area contributed by atoms with Crippen molar-refractivity contribution in [1.82, 2.24) is 15.0 Å². The Labute approximate surface area is 195 Å². The molecule has 0 fully saturated rings. The van der Waals surface area contributed by atoms with Gasteiger partial charge in [-0.3, -0.25) is 4.90 Å². The number of rotatable bonds is 5. The largest absolute Gasteiger partial charge is 0.490 e. The number of H-pyrrole nitrogens is 1. The van der Waals surface area contributed by atoms with Crippen LogP contribution in [0.5, 0.6) is 0 Å². The third-order valence-corrected chi connectivity index (χ3v) is 4.86. The summed E-state index contributed by atoms with van der Waals surface area (Å²) in [5.74, 6) is -2.04. The summed E-state index contributed by atoms with van der Waals surface area (Å²) in [4.78, 5) is 35.4. The number of hydrogen-bond donors (Lipinski definition) is 3. The minimum absolute atomic E-state index is 0.226. The first-order chi connectivity index (χ1) is 16.2. The van der Waals surface area contributed by atoms with Gasteiger partial charge in [0.25, 0.3) is 0 Å². The molecule has 2 amide bonds. The van der Waals surface area contributed by atoms with Crippen molar-refractivity contribution in [2.75, 3.05) is 16.8 Å². The van der Waals surface area contributed by atoms with Gasteiger partial charge in [0.05, 0.1) is 16.5 Å². The Bertz CT molecular complexity index is 1270. The normalized spacial score (nSPS) is 10.8. The molecule has 0 unspecified atom stereocenters. The topological polar surface area (TPSA) is 111 Å². The van der Waals surface area contributed by atoms with Crippen LogP contribution in [0.25, 0.3) is 22.6 Å². The minimum Gasteiger partial charge on any atom is -0.475 e. The number of aromatic nitrogens is 3. The standard InChI is InChI=1S/C20H17N5OS.C2HF3O2/c1-2-10-25(15-6-4-3-5-7-15)20(26)22-14-8-9-16-17(11-14)24-19(23-16)18-12-27-13-21-18;3-2(4,5)1(6)7/h2-9,11-13H,1,10H2,(H,22,26)(H,23,24);(H,6,7). The molecule has 0 spiro atoms. The molecule has 0 aliphatic heterocycles. The van der Waals surface area contributed by atoms with Gasteiger partial charge in [-0.2, -0.15) is 13.2 Å². The van der Waals surface area contributed by atoms with Gasteiger partial charge >= 0.3 is 18.2 Å². The number of thiazole rings is 1. The van der Waals surface area contributed by atoms with Gasteiger partial charge in [-0.25, -0.2) is 19.6 Å². The highest BCUT2D eigenvalue weighted by Gasteiger charge is 2.38. The Morgan fingerprint density at radius 3 is 2.50 bits per heavy atom. The number of urea groups is 1. The van der Waals surface area contributed by atoms with Crippen molar-refractivity contribution in [1.29, 1.82) is 0 Å². The first-order valence-electron chi connectivity index (χ1n) is 9.62. The summed E-state index contributed by atoms with van der Waals surface area (Å²) in [5.41, 5.74) is 5.72. The van der Waals surface area contributed by atoms with E-state index >= 15 is 0 Å². The number of imidazole rings is 1. The number of para-hydroxylation sites is 1. The fraction of sp³-hybridized carbons (Fsp3) is 0.0909. The average molecular weight is 489 g/mol. The molecule has 0 bridgehead atoms. The van der Waals surface area contributed by atoms with E-state index in [4.69, 9.17) is 9.90 Å². The number of carboxylic acid groups (broad SMARTS) is 1. The van der Waals surface area contributed by atoms with Crippen LogP contribution in [0.15, 0.2) is 72.1 Å². The van der Waals surface area contributed by atoms with Crippen molar-refractivity contribution in [3.05, 3.63) is 72.1 Å². The third-order valence-electron chi connectivity index (χ3n) is 4.28. The van der Waals surface area contributed by atoms with E-state index in [0.717, 1.165) is 22.4 Å². The highest BCUT2D eigenvalue weighted by Crippen LogP contribution is 2.23. The molecule has 2 aromatic carbocycles. The number of aliphatic carboxylic acids is 1. The van der Waals surface area contributed by atoms with Crippen molar-refractivity contribution in [2.24, 2.45) is 0 Å². The van der Waals surface area contributed by atoms with E-state index in [9.17, 15) is 18.0 Å². The van der Waals surface area contributed by atoms with E-state index in [0.29, 0.717) is 18.1 Å². The molecule has 0 aliphatic rings. The van der Waals surface area contributed by atoms with E-state index in [2.05, 4.69) is 26.8 Å². The van der Waals surface area contributed by atoms with Crippen LogP contribution >= 0.6 is 11.3 Å². The van der Waals surface area contributed by atoms with Gasteiger partial charge in [-0.15, -0.1) is 17.9 Å². The number of benzene rings is 2. The molecule has 3 N–H and O–H groups in total. The highest BCUT2D eigenvalue weighted by molar-refractivity contribution is 7.07. The molecule has 0 saturated heterocycles. The Morgan fingerprint density at radius 2 is 1.91 bits per heavy atom. The van der Waals surface area contributed by atoms with Gasteiger partial charge in [0.1, 0.15) is 5.69 Å². The number of carbonyl (C=O) groups is 2. The number of nitrogens with one attached hydrogen (secondary N) is 2. The van der Waals surface area contributed by atoms with Crippen molar-refractivity contribution in [3.8, 4) is 11.5 Å². The van der Waals surface area contributed by atoms with Crippen molar-refractivity contribution >= 4 is 45.7 Å². The van der Waals surface area contributed by atoms with E-state index in [1.165, 1.54) is 11.3 Å². The van der Waals surface area contributed by atoms with Crippen LogP contribution in [-0.2, 0) is 4.79 Å². The van der Waals surface area contributed by atoms with E-state index in [1.54, 1.807) is 16.5 Å². The molecule has 0 aliphatic carbocycles. The fourth-order valence-electron chi connectivity index (χ4n) is 2.77. The molecule has 4 aromatic rings. The number of nitrogens with zero attached hydrogens (tertiary/aromatic N) is 3. The first-order valence-corrected chi connectivity index (χ1v) is 10.6. The van der Waals surface area contributed by atoms with Crippen LogP contribution in [0.2, 0.25) is 0 Å². The predicted octanol–water partition coefficient (Wildman–Crippen LogP) is 5.54. The van der Waals surface area contributed by atoms with Crippen LogP contribution in [0, 0.1) is 0 Å². The van der Waals surface area contributed by atoms with Crippen molar-refractivity contribution in [3.63, 3.8) is 0 Å². The molecule has 0 saturated carbocycles. The van der Waals surface area contributed by atoms with Crippen molar-refractivity contribution in [2.45, 2.75) is 6.18 Å². The second-order valence-corrected chi connectivity index (χ2v) is 7.38. The lowest BCUT2D eigenvalue weighted by Crippen LogP contribution is -2.35. The van der Waals surface area contributed by atoms with Gasteiger partial charge in [-0.1, -0.05) is 24.3 Å². The lowest BCUT2D eigenvalue weighted by molar-refractivity contribution is -0.192. The maximum atomic E-state index is 12.8. The van der Waals surface area contributed by atoms with Gasteiger partial charge in [0.2, 0.25) is 0 Å². The van der Waals surface area contributed by atoms with Crippen LogP contribution in [0.3, 0.4) is 0 Å². The molecular weight excluding hydrogens is 471 g/mol. The summed E-state index contributed by atoms with van der Waals surface area (Å²) in [6, 6.07) is 14.9. The predicted molar refractivity (Wildman–Crippen MR) is 124 cm³/mol. The van der Waals surface area contributed by atoms with Crippen molar-refractivity contribution < 1.29 is 27.9 Å². The second kappa shape index (κ2) is 10.6. The summed E-state index contributed by atoms with van der Waals surface area (Å²) in [7, 11) is 0. The molecule has 12 heteroatoms. The monoisotopic (exact) mass is 489 g/mol. The van der Waals surface area contributed by atoms with Crippen LogP contribution in [0.4, 0.5) is 29.3 Å². The van der Waals surface area contributed by atoms with Gasteiger partial charge < -0.3 is 15.4 Å². The Balaban J connectivity index is 0.000000406.